The van der Waals surface area contributed by atoms with Gasteiger partial charge in [-0.25, -0.2) is 4.39 Å². The van der Waals surface area contributed by atoms with Crippen molar-refractivity contribution < 1.29 is 4.39 Å². The average Bonchev–Trinajstić information content (AvgIpc) is 2.46. The summed E-state index contributed by atoms with van der Waals surface area (Å²) < 4.78 is 12.7. The molecule has 0 aliphatic rings. The van der Waals surface area contributed by atoms with Crippen LogP contribution in [0.4, 0.5) is 4.39 Å². The van der Waals surface area contributed by atoms with E-state index >= 15 is 0 Å². The van der Waals surface area contributed by atoms with Gasteiger partial charge in [0.15, 0.2) is 0 Å². The van der Waals surface area contributed by atoms with Gasteiger partial charge in [-0.2, -0.15) is 10.2 Å². The predicted octanol–water partition coefficient (Wildman–Crippen LogP) is 3.84. The fourth-order valence-electron chi connectivity index (χ4n) is 1.59. The summed E-state index contributed by atoms with van der Waals surface area (Å²) in [5.41, 5.74) is 3.13. The molecule has 2 aromatic rings. The van der Waals surface area contributed by atoms with E-state index in [1.165, 1.54) is 17.7 Å². The molecule has 0 spiro atoms. The third-order valence-corrected chi connectivity index (χ3v) is 2.74. The Labute approximate surface area is 112 Å². The second kappa shape index (κ2) is 6.59. The van der Waals surface area contributed by atoms with Crippen LogP contribution in [0.15, 0.2) is 58.7 Å². The Bertz CT molecular complexity index is 569. The van der Waals surface area contributed by atoms with Crippen LogP contribution in [0.5, 0.6) is 0 Å². The zero-order chi connectivity index (χ0) is 13.5. The minimum absolute atomic E-state index is 0.253. The molecule has 0 heterocycles. The third-order valence-electron chi connectivity index (χ3n) is 2.74. The van der Waals surface area contributed by atoms with Crippen LogP contribution >= 0.6 is 0 Å². The van der Waals surface area contributed by atoms with E-state index in [0.29, 0.717) is 0 Å². The molecule has 0 fully saturated rings. The zero-order valence-electron chi connectivity index (χ0n) is 10.8. The number of hydrogen-bond acceptors (Lipinski definition) is 2. The van der Waals surface area contributed by atoms with Gasteiger partial charge >= 0.3 is 0 Å². The Hall–Kier alpha value is -2.29. The molecule has 0 aromatic heterocycles. The van der Waals surface area contributed by atoms with E-state index in [1.807, 2.05) is 12.1 Å². The molecule has 0 saturated carbocycles. The van der Waals surface area contributed by atoms with E-state index in [1.54, 1.807) is 24.6 Å². The molecule has 19 heavy (non-hydrogen) atoms. The summed E-state index contributed by atoms with van der Waals surface area (Å²) >= 11 is 0. The maximum Gasteiger partial charge on any atom is 0.123 e. The molecular weight excluding hydrogens is 239 g/mol. The summed E-state index contributed by atoms with van der Waals surface area (Å²) in [6.45, 7) is 2.12. The molecule has 0 atom stereocenters. The Balaban J connectivity index is 1.96. The first-order valence-electron chi connectivity index (χ1n) is 6.19. The summed E-state index contributed by atoms with van der Waals surface area (Å²) in [6.07, 6.45) is 4.32. The molecule has 0 saturated heterocycles. The van der Waals surface area contributed by atoms with Crippen molar-refractivity contribution in [3.63, 3.8) is 0 Å². The standard InChI is InChI=1S/C16H15FN2/c1-2-13-3-5-14(6-4-13)11-18-19-12-15-7-9-16(17)10-8-15/h3-12H,2H2,1H3/b18-11+,19-12+. The summed E-state index contributed by atoms with van der Waals surface area (Å²) in [7, 11) is 0. The SMILES string of the molecule is CCc1ccc(/C=N/N=C/c2ccc(F)cc2)cc1. The van der Waals surface area contributed by atoms with Crippen molar-refractivity contribution in [2.24, 2.45) is 10.2 Å². The van der Waals surface area contributed by atoms with Gasteiger partial charge in [-0.15, -0.1) is 0 Å². The largest absolute Gasteiger partial charge is 0.207 e. The van der Waals surface area contributed by atoms with Gasteiger partial charge < -0.3 is 0 Å². The Morgan fingerprint density at radius 2 is 1.32 bits per heavy atom. The number of rotatable bonds is 4. The van der Waals surface area contributed by atoms with Crippen LogP contribution in [0.3, 0.4) is 0 Å². The van der Waals surface area contributed by atoms with E-state index in [2.05, 4.69) is 29.3 Å². The summed E-state index contributed by atoms with van der Waals surface area (Å²) in [5, 5.41) is 7.90. The van der Waals surface area contributed by atoms with Crippen molar-refractivity contribution in [3.05, 3.63) is 71.0 Å². The lowest BCUT2D eigenvalue weighted by Gasteiger charge is -1.95. The molecule has 2 aromatic carbocycles. The number of nitrogens with zero attached hydrogens (tertiary/aromatic N) is 2. The van der Waals surface area contributed by atoms with Gasteiger partial charge in [0.25, 0.3) is 0 Å². The summed E-state index contributed by atoms with van der Waals surface area (Å²) in [4.78, 5) is 0. The van der Waals surface area contributed by atoms with Crippen molar-refractivity contribution in [2.75, 3.05) is 0 Å². The van der Waals surface area contributed by atoms with E-state index in [-0.39, 0.29) is 5.82 Å². The molecular formula is C16H15FN2. The third kappa shape index (κ3) is 4.14. The highest BCUT2D eigenvalue weighted by atomic mass is 19.1. The molecule has 0 amide bonds. The van der Waals surface area contributed by atoms with Gasteiger partial charge in [0.1, 0.15) is 5.82 Å². The summed E-state index contributed by atoms with van der Waals surface area (Å²) in [6, 6.07) is 14.3. The van der Waals surface area contributed by atoms with Crippen molar-refractivity contribution in [1.82, 2.24) is 0 Å². The fourth-order valence-corrected chi connectivity index (χ4v) is 1.59. The number of halogens is 1. The monoisotopic (exact) mass is 254 g/mol. The first-order valence-corrected chi connectivity index (χ1v) is 6.19. The highest BCUT2D eigenvalue weighted by Gasteiger charge is 1.90. The van der Waals surface area contributed by atoms with Gasteiger partial charge in [-0.05, 0) is 35.2 Å². The van der Waals surface area contributed by atoms with Gasteiger partial charge in [0, 0.05) is 0 Å². The molecule has 0 aliphatic carbocycles. The molecule has 96 valence electrons. The second-order valence-electron chi connectivity index (χ2n) is 4.14. The Morgan fingerprint density at radius 3 is 1.79 bits per heavy atom. The van der Waals surface area contributed by atoms with Crippen LogP contribution in [-0.4, -0.2) is 12.4 Å². The van der Waals surface area contributed by atoms with Gasteiger partial charge in [-0.3, -0.25) is 0 Å². The van der Waals surface area contributed by atoms with Crippen molar-refractivity contribution in [1.29, 1.82) is 0 Å². The van der Waals surface area contributed by atoms with Crippen LogP contribution in [0, 0.1) is 5.82 Å². The minimum atomic E-state index is -0.253. The Morgan fingerprint density at radius 1 is 0.842 bits per heavy atom. The maximum atomic E-state index is 12.7. The lowest BCUT2D eigenvalue weighted by molar-refractivity contribution is 0.628. The van der Waals surface area contributed by atoms with E-state index < -0.39 is 0 Å². The van der Waals surface area contributed by atoms with Gasteiger partial charge in [-0.1, -0.05) is 43.3 Å². The molecule has 2 nitrogen and oxygen atoms in total. The lowest BCUT2D eigenvalue weighted by atomic mass is 10.1. The molecule has 0 radical (unpaired) electrons. The predicted molar refractivity (Wildman–Crippen MR) is 77.4 cm³/mol. The van der Waals surface area contributed by atoms with Crippen LogP contribution in [0.1, 0.15) is 23.6 Å². The van der Waals surface area contributed by atoms with E-state index in [4.69, 9.17) is 0 Å². The quantitative estimate of drug-likeness (QED) is 0.585. The molecule has 3 heteroatoms. The van der Waals surface area contributed by atoms with Crippen LogP contribution < -0.4 is 0 Å². The minimum Gasteiger partial charge on any atom is -0.207 e. The Kier molecular flexibility index (Phi) is 4.56. The van der Waals surface area contributed by atoms with Gasteiger partial charge in [0.05, 0.1) is 12.4 Å². The smallest absolute Gasteiger partial charge is 0.123 e. The van der Waals surface area contributed by atoms with E-state index in [0.717, 1.165) is 17.5 Å². The first-order chi connectivity index (χ1) is 9.28. The highest BCUT2D eigenvalue weighted by molar-refractivity contribution is 5.82. The number of aryl methyl sites for hydroxylation is 1. The highest BCUT2D eigenvalue weighted by Crippen LogP contribution is 2.03. The zero-order valence-corrected chi connectivity index (χ0v) is 10.8. The number of hydrogen-bond donors (Lipinski definition) is 0. The molecule has 0 unspecified atom stereocenters. The van der Waals surface area contributed by atoms with Crippen molar-refractivity contribution in [3.8, 4) is 0 Å². The molecule has 0 bridgehead atoms. The fraction of sp³-hybridized carbons (Fsp3) is 0.125. The second-order valence-corrected chi connectivity index (χ2v) is 4.14. The molecule has 0 aliphatic heterocycles. The molecule has 2 rings (SSSR count). The van der Waals surface area contributed by atoms with Crippen molar-refractivity contribution in [2.45, 2.75) is 13.3 Å². The van der Waals surface area contributed by atoms with Crippen LogP contribution in [-0.2, 0) is 6.42 Å². The van der Waals surface area contributed by atoms with Gasteiger partial charge in [0.2, 0.25) is 0 Å². The van der Waals surface area contributed by atoms with Crippen LogP contribution in [0.2, 0.25) is 0 Å². The summed E-state index contributed by atoms with van der Waals surface area (Å²) in [5.74, 6) is -0.253. The van der Waals surface area contributed by atoms with Crippen LogP contribution in [0.25, 0.3) is 0 Å². The topological polar surface area (TPSA) is 24.7 Å². The maximum absolute atomic E-state index is 12.7. The molecule has 0 N–H and O–H groups in total. The van der Waals surface area contributed by atoms with Crippen molar-refractivity contribution >= 4 is 12.4 Å². The number of benzene rings is 2. The first kappa shape index (κ1) is 13.1. The average molecular weight is 254 g/mol. The lowest BCUT2D eigenvalue weighted by Crippen LogP contribution is -1.84. The van der Waals surface area contributed by atoms with E-state index in [9.17, 15) is 4.39 Å². The normalized spacial score (nSPS) is 11.5.